The summed E-state index contributed by atoms with van der Waals surface area (Å²) in [5.41, 5.74) is 5.94. The highest BCUT2D eigenvalue weighted by Gasteiger charge is 2.35. The third-order valence-corrected chi connectivity index (χ3v) is 3.74. The predicted molar refractivity (Wildman–Crippen MR) is 63.4 cm³/mol. The van der Waals surface area contributed by atoms with Crippen LogP contribution in [0.5, 0.6) is 0 Å². The van der Waals surface area contributed by atoms with E-state index in [4.69, 9.17) is 10.5 Å². The fourth-order valence-corrected chi connectivity index (χ4v) is 2.71. The number of hydrogen-bond donors (Lipinski definition) is 2. The normalized spacial score (nSPS) is 31.1. The average molecular weight is 242 g/mol. The van der Waals surface area contributed by atoms with E-state index in [1.54, 1.807) is 4.90 Å². The summed E-state index contributed by atoms with van der Waals surface area (Å²) in [7, 11) is 1.39. The number of hydrogen-bond acceptors (Lipinski definition) is 4. The first-order chi connectivity index (χ1) is 8.10. The van der Waals surface area contributed by atoms with Crippen molar-refractivity contribution in [3.8, 4) is 0 Å². The SMILES string of the molecule is COC(=O)N1CC(N)CC(CC(O)C2CC2)C1. The number of nitrogens with zero attached hydrogens (tertiary/aromatic N) is 1. The highest BCUT2D eigenvalue weighted by atomic mass is 16.5. The second-order valence-electron chi connectivity index (χ2n) is 5.38. The van der Waals surface area contributed by atoms with Gasteiger partial charge in [-0.25, -0.2) is 4.79 Å². The lowest BCUT2D eigenvalue weighted by Gasteiger charge is -2.36. The summed E-state index contributed by atoms with van der Waals surface area (Å²) < 4.78 is 4.72. The molecule has 5 heteroatoms. The Morgan fingerprint density at radius 1 is 1.53 bits per heavy atom. The Balaban J connectivity index is 1.86. The number of nitrogens with two attached hydrogens (primary N) is 1. The minimum Gasteiger partial charge on any atom is -0.453 e. The van der Waals surface area contributed by atoms with Crippen molar-refractivity contribution in [3.05, 3.63) is 0 Å². The summed E-state index contributed by atoms with van der Waals surface area (Å²) in [6, 6.07) is -0.000692. The van der Waals surface area contributed by atoms with E-state index in [1.807, 2.05) is 0 Å². The summed E-state index contributed by atoms with van der Waals surface area (Å²) in [4.78, 5) is 13.1. The van der Waals surface area contributed by atoms with E-state index in [0.717, 1.165) is 25.7 Å². The second-order valence-corrected chi connectivity index (χ2v) is 5.38. The van der Waals surface area contributed by atoms with Crippen molar-refractivity contribution in [3.63, 3.8) is 0 Å². The van der Waals surface area contributed by atoms with Crippen molar-refractivity contribution in [1.29, 1.82) is 0 Å². The Hall–Kier alpha value is -0.810. The number of amides is 1. The van der Waals surface area contributed by atoms with Gasteiger partial charge in [0, 0.05) is 19.1 Å². The number of methoxy groups -OCH3 is 1. The first-order valence-corrected chi connectivity index (χ1v) is 6.36. The Labute approximate surface area is 102 Å². The van der Waals surface area contributed by atoms with Gasteiger partial charge in [-0.2, -0.15) is 0 Å². The fourth-order valence-electron chi connectivity index (χ4n) is 2.71. The van der Waals surface area contributed by atoms with Crippen molar-refractivity contribution in [1.82, 2.24) is 4.90 Å². The van der Waals surface area contributed by atoms with Crippen molar-refractivity contribution in [2.24, 2.45) is 17.6 Å². The first-order valence-electron chi connectivity index (χ1n) is 6.36. The molecule has 1 aliphatic heterocycles. The van der Waals surface area contributed by atoms with E-state index in [2.05, 4.69) is 0 Å². The van der Waals surface area contributed by atoms with Crippen LogP contribution in [0.4, 0.5) is 4.79 Å². The molecular weight excluding hydrogens is 220 g/mol. The first kappa shape index (κ1) is 12.6. The van der Waals surface area contributed by atoms with E-state index in [-0.39, 0.29) is 18.2 Å². The van der Waals surface area contributed by atoms with Gasteiger partial charge in [-0.15, -0.1) is 0 Å². The summed E-state index contributed by atoms with van der Waals surface area (Å²) in [6.07, 6.45) is 3.39. The monoisotopic (exact) mass is 242 g/mol. The second kappa shape index (κ2) is 5.23. The number of rotatable bonds is 3. The van der Waals surface area contributed by atoms with Gasteiger partial charge >= 0.3 is 6.09 Å². The van der Waals surface area contributed by atoms with Gasteiger partial charge < -0.3 is 20.5 Å². The van der Waals surface area contributed by atoms with Gasteiger partial charge in [-0.1, -0.05) is 0 Å². The molecule has 0 aromatic rings. The van der Waals surface area contributed by atoms with Crippen molar-refractivity contribution in [2.75, 3.05) is 20.2 Å². The van der Waals surface area contributed by atoms with Gasteiger partial charge in [0.15, 0.2) is 0 Å². The molecule has 1 heterocycles. The van der Waals surface area contributed by atoms with Crippen LogP contribution in [-0.4, -0.2) is 48.4 Å². The van der Waals surface area contributed by atoms with Gasteiger partial charge in [0.1, 0.15) is 0 Å². The topological polar surface area (TPSA) is 75.8 Å². The number of carbonyl (C=O) groups excluding carboxylic acids is 1. The molecule has 2 aliphatic rings. The molecule has 1 saturated heterocycles. The lowest BCUT2D eigenvalue weighted by Crippen LogP contribution is -2.50. The van der Waals surface area contributed by atoms with E-state index in [0.29, 0.717) is 24.9 Å². The molecule has 17 heavy (non-hydrogen) atoms. The van der Waals surface area contributed by atoms with Crippen molar-refractivity contribution in [2.45, 2.75) is 37.8 Å². The Kier molecular flexibility index (Phi) is 3.89. The lowest BCUT2D eigenvalue weighted by molar-refractivity contribution is 0.0682. The van der Waals surface area contributed by atoms with Crippen LogP contribution in [-0.2, 0) is 4.74 Å². The third-order valence-electron chi connectivity index (χ3n) is 3.74. The van der Waals surface area contributed by atoms with Gasteiger partial charge in [0.05, 0.1) is 13.2 Å². The van der Waals surface area contributed by atoms with Crippen LogP contribution in [0, 0.1) is 11.8 Å². The molecule has 3 unspecified atom stereocenters. The minimum absolute atomic E-state index is 0.000692. The van der Waals surface area contributed by atoms with Gasteiger partial charge in [0.25, 0.3) is 0 Å². The maximum Gasteiger partial charge on any atom is 0.409 e. The molecule has 1 amide bonds. The number of piperidine rings is 1. The maximum atomic E-state index is 11.5. The molecule has 0 aromatic heterocycles. The van der Waals surface area contributed by atoms with Crippen LogP contribution in [0.3, 0.4) is 0 Å². The zero-order valence-electron chi connectivity index (χ0n) is 10.3. The molecule has 1 saturated carbocycles. The molecule has 2 rings (SSSR count). The van der Waals surface area contributed by atoms with Gasteiger partial charge in [-0.05, 0) is 37.5 Å². The Bertz CT molecular complexity index is 281. The molecule has 3 atom stereocenters. The van der Waals surface area contributed by atoms with Crippen LogP contribution < -0.4 is 5.73 Å². The van der Waals surface area contributed by atoms with E-state index < -0.39 is 0 Å². The molecular formula is C12H22N2O3. The van der Waals surface area contributed by atoms with Crippen molar-refractivity contribution < 1.29 is 14.6 Å². The van der Waals surface area contributed by atoms with Crippen LogP contribution >= 0.6 is 0 Å². The van der Waals surface area contributed by atoms with Gasteiger partial charge in [0.2, 0.25) is 0 Å². The van der Waals surface area contributed by atoms with Crippen LogP contribution in [0.1, 0.15) is 25.7 Å². The molecule has 5 nitrogen and oxygen atoms in total. The highest BCUT2D eigenvalue weighted by Crippen LogP contribution is 2.36. The highest BCUT2D eigenvalue weighted by molar-refractivity contribution is 5.67. The molecule has 3 N–H and O–H groups in total. The summed E-state index contributed by atoms with van der Waals surface area (Å²) >= 11 is 0. The summed E-state index contributed by atoms with van der Waals surface area (Å²) in [5, 5.41) is 9.93. The quantitative estimate of drug-likeness (QED) is 0.758. The minimum atomic E-state index is -0.314. The number of aliphatic hydroxyl groups is 1. The average Bonchev–Trinajstić information content (AvgIpc) is 3.10. The standard InChI is InChI=1S/C12H22N2O3/c1-17-12(16)14-6-8(4-10(13)7-14)5-11(15)9-2-3-9/h8-11,15H,2-7,13H2,1H3. The predicted octanol–water partition coefficient (Wildman–Crippen LogP) is 0.563. The maximum absolute atomic E-state index is 11.5. The van der Waals surface area contributed by atoms with Crippen LogP contribution in [0.15, 0.2) is 0 Å². The van der Waals surface area contributed by atoms with Crippen LogP contribution in [0.2, 0.25) is 0 Å². The molecule has 0 bridgehead atoms. The summed E-state index contributed by atoms with van der Waals surface area (Å²) in [6.45, 7) is 1.22. The zero-order chi connectivity index (χ0) is 12.4. The fraction of sp³-hybridized carbons (Fsp3) is 0.917. The van der Waals surface area contributed by atoms with Gasteiger partial charge in [-0.3, -0.25) is 0 Å². The van der Waals surface area contributed by atoms with E-state index in [1.165, 1.54) is 7.11 Å². The lowest BCUT2D eigenvalue weighted by atomic mass is 9.89. The third kappa shape index (κ3) is 3.33. The molecule has 1 aliphatic carbocycles. The molecule has 0 aromatic carbocycles. The van der Waals surface area contributed by atoms with E-state index in [9.17, 15) is 9.90 Å². The van der Waals surface area contributed by atoms with Crippen molar-refractivity contribution >= 4 is 6.09 Å². The Morgan fingerprint density at radius 3 is 2.82 bits per heavy atom. The smallest absolute Gasteiger partial charge is 0.409 e. The molecule has 0 radical (unpaired) electrons. The van der Waals surface area contributed by atoms with E-state index >= 15 is 0 Å². The molecule has 98 valence electrons. The number of aliphatic hydroxyl groups excluding tert-OH is 1. The molecule has 0 spiro atoms. The largest absolute Gasteiger partial charge is 0.453 e. The molecule has 2 fully saturated rings. The zero-order valence-corrected chi connectivity index (χ0v) is 10.3. The summed E-state index contributed by atoms with van der Waals surface area (Å²) in [5.74, 6) is 0.785. The number of carbonyl (C=O) groups is 1. The number of likely N-dealkylation sites (tertiary alicyclic amines) is 1. The number of ether oxygens (including phenoxy) is 1. The Morgan fingerprint density at radius 2 is 2.24 bits per heavy atom. The van der Waals surface area contributed by atoms with Crippen LogP contribution in [0.25, 0.3) is 0 Å².